The van der Waals surface area contributed by atoms with Crippen LogP contribution in [0.25, 0.3) is 0 Å². The molecule has 3 rings (SSSR count). The number of rotatable bonds is 10. The van der Waals surface area contributed by atoms with Crippen molar-refractivity contribution in [2.45, 2.75) is 18.3 Å². The van der Waals surface area contributed by atoms with Crippen LogP contribution in [0.3, 0.4) is 0 Å². The van der Waals surface area contributed by atoms with Gasteiger partial charge >= 0.3 is 11.9 Å². The number of carbonyl (C=O) groups excluding carboxylic acids is 4. The molecule has 3 heterocycles. The molecule has 0 aliphatic carbocycles. The molecule has 0 saturated carbocycles. The number of aliphatic carboxylic acids is 1. The first-order valence-corrected chi connectivity index (χ1v) is 10.8. The molecule has 0 radical (unpaired) electrons. The molecule has 2 aliphatic rings. The van der Waals surface area contributed by atoms with Crippen molar-refractivity contribution in [2.24, 2.45) is 5.16 Å². The van der Waals surface area contributed by atoms with Gasteiger partial charge in [0.05, 0.1) is 0 Å². The van der Waals surface area contributed by atoms with Crippen LogP contribution in [-0.4, -0.2) is 86.2 Å². The maximum absolute atomic E-state index is 13.0. The lowest BCUT2D eigenvalue weighted by molar-refractivity contribution is -0.150. The summed E-state index contributed by atoms with van der Waals surface area (Å²) >= 11 is 1.19. The molecule has 0 unspecified atom stereocenters. The minimum Gasteiger partial charge on any atom is -0.477 e. The van der Waals surface area contributed by atoms with Gasteiger partial charge in [-0.05, 0) is 6.07 Å². The monoisotopic (exact) mass is 502 g/mol. The summed E-state index contributed by atoms with van der Waals surface area (Å²) in [4.78, 5) is 73.2. The van der Waals surface area contributed by atoms with Crippen LogP contribution in [0.2, 0.25) is 0 Å². The number of amides is 3. The Morgan fingerprint density at radius 2 is 2.23 bits per heavy atom. The Morgan fingerprint density at radius 3 is 2.89 bits per heavy atom. The fourth-order valence-corrected chi connectivity index (χ4v) is 4.45. The van der Waals surface area contributed by atoms with Gasteiger partial charge in [0.1, 0.15) is 29.5 Å². The topological polar surface area (TPSA) is 189 Å². The summed E-state index contributed by atoms with van der Waals surface area (Å²) in [7, 11) is 0. The van der Waals surface area contributed by atoms with Crippen LogP contribution in [0.15, 0.2) is 28.7 Å². The predicted molar refractivity (Wildman–Crippen MR) is 119 cm³/mol. The second kappa shape index (κ2) is 11.1. The predicted octanol–water partition coefficient (Wildman–Crippen LogP) is -1.30. The summed E-state index contributed by atoms with van der Waals surface area (Å²) in [5.74, 6) is -1.36. The number of esters is 1. The molecule has 1 fully saturated rings. The molecule has 0 bridgehead atoms. The number of β-lactam (4-membered cyclic amide) rings is 1. The number of carboxylic acid groups (broad SMARTS) is 1. The average Bonchev–Trinajstić information content (AvgIpc) is 2.83. The molecule has 1 aromatic heterocycles. The first-order chi connectivity index (χ1) is 16.8. The zero-order valence-electron chi connectivity index (χ0n) is 18.1. The number of carboxylic acids is 1. The Bertz CT molecular complexity index is 1180. The van der Waals surface area contributed by atoms with Gasteiger partial charge in [-0.3, -0.25) is 24.1 Å². The normalized spacial score (nSPS) is 19.0. The number of hydrogen-bond donors (Lipinski definition) is 3. The Labute approximate surface area is 202 Å². The molecule has 35 heavy (non-hydrogen) atoms. The molecule has 1 saturated heterocycles. The molecule has 0 spiro atoms. The number of nitrogens with one attached hydrogen (secondary N) is 2. The van der Waals surface area contributed by atoms with E-state index in [1.165, 1.54) is 30.9 Å². The largest absolute Gasteiger partial charge is 0.477 e. The molecule has 2 atom stereocenters. The van der Waals surface area contributed by atoms with Crippen molar-refractivity contribution >= 4 is 53.5 Å². The third kappa shape index (κ3) is 5.55. The van der Waals surface area contributed by atoms with Crippen LogP contribution in [0.5, 0.6) is 0 Å². The van der Waals surface area contributed by atoms with Crippen molar-refractivity contribution in [2.75, 3.05) is 24.3 Å². The van der Waals surface area contributed by atoms with Crippen LogP contribution in [0.4, 0.5) is 5.82 Å². The maximum atomic E-state index is 13.0. The second-order valence-electron chi connectivity index (χ2n) is 6.84. The minimum absolute atomic E-state index is 0.0766. The third-order valence-electron chi connectivity index (χ3n) is 4.58. The summed E-state index contributed by atoms with van der Waals surface area (Å²) < 4.78 is 4.88. The average molecular weight is 502 g/mol. The van der Waals surface area contributed by atoms with Gasteiger partial charge in [-0.25, -0.2) is 14.8 Å². The number of fused-ring (bicyclic) bond motifs is 1. The van der Waals surface area contributed by atoms with E-state index in [0.717, 1.165) is 4.90 Å². The molecule has 14 nitrogen and oxygen atoms in total. The number of ether oxygens (including phenoxy) is 1. The van der Waals surface area contributed by atoms with Crippen molar-refractivity contribution in [1.82, 2.24) is 20.2 Å². The van der Waals surface area contributed by atoms with E-state index >= 15 is 0 Å². The van der Waals surface area contributed by atoms with Gasteiger partial charge in [0.2, 0.25) is 12.1 Å². The van der Waals surface area contributed by atoms with Gasteiger partial charge in [0, 0.05) is 24.4 Å². The van der Waals surface area contributed by atoms with Gasteiger partial charge in [0.25, 0.3) is 11.8 Å². The lowest BCUT2D eigenvalue weighted by Crippen LogP contribution is -2.71. The molecule has 0 aromatic carbocycles. The van der Waals surface area contributed by atoms with Crippen molar-refractivity contribution in [3.05, 3.63) is 29.4 Å². The molecule has 15 heteroatoms. The summed E-state index contributed by atoms with van der Waals surface area (Å²) in [6.07, 6.45) is 6.77. The first kappa shape index (κ1) is 25.2. The van der Waals surface area contributed by atoms with Gasteiger partial charge in [-0.1, -0.05) is 11.1 Å². The fourth-order valence-electron chi connectivity index (χ4n) is 3.12. The highest BCUT2D eigenvalue weighted by Crippen LogP contribution is 2.40. The number of oxime groups is 1. The second-order valence-corrected chi connectivity index (χ2v) is 7.95. The Balaban J connectivity index is 1.81. The van der Waals surface area contributed by atoms with Crippen molar-refractivity contribution in [3.63, 3.8) is 0 Å². The standard InChI is InChI=1S/C20H18N6O8S/c1-3-6-34-25-13(16-21-5-4-12(23-16)22-9-27)17(29)24-14-18(30)26-15(20(31)32)11(7-33-10(2)28)8-35-19(14)26/h1,4-5,9,14,19H,6-8H2,2H3,(H,24,29)(H,31,32)(H,21,22,23,27)/t14-,19-/m1/s1. The third-order valence-corrected chi connectivity index (χ3v) is 5.92. The van der Waals surface area contributed by atoms with E-state index in [1.807, 2.05) is 0 Å². The summed E-state index contributed by atoms with van der Waals surface area (Å²) in [6, 6.07) is 0.278. The minimum atomic E-state index is -1.37. The fraction of sp³-hybridized carbons (Fsp3) is 0.300. The van der Waals surface area contributed by atoms with E-state index in [-0.39, 0.29) is 41.9 Å². The lowest BCUT2D eigenvalue weighted by Gasteiger charge is -2.49. The van der Waals surface area contributed by atoms with E-state index in [0.29, 0.717) is 6.41 Å². The zero-order valence-corrected chi connectivity index (χ0v) is 18.9. The lowest BCUT2D eigenvalue weighted by atomic mass is 10.0. The molecule has 182 valence electrons. The molecule has 3 amide bonds. The van der Waals surface area contributed by atoms with Crippen LogP contribution in [0.1, 0.15) is 12.7 Å². The van der Waals surface area contributed by atoms with E-state index < -0.39 is 40.9 Å². The Kier molecular flexibility index (Phi) is 8.00. The number of carbonyl (C=O) groups is 5. The van der Waals surface area contributed by atoms with Crippen molar-refractivity contribution in [3.8, 4) is 12.3 Å². The van der Waals surface area contributed by atoms with Gasteiger partial charge in [-0.15, -0.1) is 18.2 Å². The number of aromatic nitrogens is 2. The number of terminal acetylenes is 1. The molecular weight excluding hydrogens is 484 g/mol. The van der Waals surface area contributed by atoms with Gasteiger partial charge in [-0.2, -0.15) is 0 Å². The molecule has 2 aliphatic heterocycles. The maximum Gasteiger partial charge on any atom is 0.352 e. The van der Waals surface area contributed by atoms with Crippen LogP contribution < -0.4 is 10.6 Å². The number of nitrogens with zero attached hydrogens (tertiary/aromatic N) is 4. The van der Waals surface area contributed by atoms with E-state index in [1.54, 1.807) is 0 Å². The number of thioether (sulfide) groups is 1. The molecule has 1 aromatic rings. The van der Waals surface area contributed by atoms with Gasteiger partial charge in [0.15, 0.2) is 12.4 Å². The van der Waals surface area contributed by atoms with Crippen molar-refractivity contribution in [1.29, 1.82) is 0 Å². The molecule has 3 N–H and O–H groups in total. The highest BCUT2D eigenvalue weighted by molar-refractivity contribution is 8.00. The van der Waals surface area contributed by atoms with Gasteiger partial charge < -0.3 is 25.3 Å². The quantitative estimate of drug-likeness (QED) is 0.0656. The summed E-state index contributed by atoms with van der Waals surface area (Å²) in [6.45, 7) is 0.639. The Hall–Kier alpha value is -4.45. The first-order valence-electron chi connectivity index (χ1n) is 9.79. The Morgan fingerprint density at radius 1 is 1.46 bits per heavy atom. The number of anilines is 1. The molecular formula is C20H18N6O8S. The highest BCUT2D eigenvalue weighted by Gasteiger charge is 2.54. The van der Waals surface area contributed by atoms with E-state index in [9.17, 15) is 29.1 Å². The van der Waals surface area contributed by atoms with E-state index in [2.05, 4.69) is 31.7 Å². The smallest absolute Gasteiger partial charge is 0.352 e. The summed E-state index contributed by atoms with van der Waals surface area (Å²) in [5.41, 5.74) is -0.468. The van der Waals surface area contributed by atoms with Crippen LogP contribution >= 0.6 is 11.8 Å². The van der Waals surface area contributed by atoms with Crippen molar-refractivity contribution < 1.29 is 38.7 Å². The van der Waals surface area contributed by atoms with Crippen LogP contribution in [0, 0.1) is 12.3 Å². The highest BCUT2D eigenvalue weighted by atomic mass is 32.2. The summed E-state index contributed by atoms with van der Waals surface area (Å²) in [5, 5.41) is 17.3. The zero-order chi connectivity index (χ0) is 25.5. The number of hydrogen-bond acceptors (Lipinski definition) is 11. The van der Waals surface area contributed by atoms with Crippen LogP contribution in [-0.2, 0) is 33.5 Å². The SMILES string of the molecule is C#CCON=C(C(=O)N[C@@H]1C(=O)N2C(C(=O)O)=C(COC(C)=O)CS[C@H]12)c1nccc(NC=O)n1. The van der Waals surface area contributed by atoms with E-state index in [4.69, 9.17) is 16.0 Å².